The zero-order chi connectivity index (χ0) is 40.1. The van der Waals surface area contributed by atoms with Gasteiger partial charge in [0.1, 0.15) is 23.9 Å². The number of pyridine rings is 1. The summed E-state index contributed by atoms with van der Waals surface area (Å²) >= 11 is 0. The molecule has 3 atom stereocenters. The number of para-hydroxylation sites is 1. The maximum atomic E-state index is 15.4. The Morgan fingerprint density at radius 3 is 2.43 bits per heavy atom. The quantitative estimate of drug-likeness (QED) is 0.157. The number of aromatic nitrogens is 7. The van der Waals surface area contributed by atoms with Crippen LogP contribution in [0.4, 0.5) is 36.6 Å². The number of halogens is 7. The molecule has 56 heavy (non-hydrogen) atoms. The van der Waals surface area contributed by atoms with Crippen molar-refractivity contribution in [2.45, 2.75) is 43.4 Å². The number of amides is 1. The van der Waals surface area contributed by atoms with E-state index in [0.717, 1.165) is 18.4 Å². The predicted octanol–water partition coefficient (Wildman–Crippen LogP) is 6.21. The number of rotatable bonds is 10. The summed E-state index contributed by atoms with van der Waals surface area (Å²) in [5.74, 6) is -8.90. The number of fused-ring (bicyclic) bond motifs is 4. The average molecular weight is 802 g/mol. The van der Waals surface area contributed by atoms with Crippen molar-refractivity contribution in [3.63, 3.8) is 0 Å². The molecule has 0 saturated heterocycles. The Bertz CT molecular complexity index is 2670. The first-order valence-corrected chi connectivity index (χ1v) is 18.9. The zero-order valence-electron chi connectivity index (χ0n) is 29.5. The number of sulfonamides is 1. The molecule has 1 amide bonds. The van der Waals surface area contributed by atoms with E-state index in [2.05, 4.69) is 25.3 Å². The van der Waals surface area contributed by atoms with Gasteiger partial charge in [-0.2, -0.15) is 37.2 Å². The molecular weight excluding hydrogens is 772 g/mol. The second-order valence-corrected chi connectivity index (χ2v) is 15.8. The second-order valence-electron chi connectivity index (χ2n) is 14.0. The predicted molar refractivity (Wildman–Crippen MR) is 188 cm³/mol. The third-order valence-corrected chi connectivity index (χ3v) is 10.4. The van der Waals surface area contributed by atoms with Crippen LogP contribution in [0, 0.1) is 17.6 Å². The van der Waals surface area contributed by atoms with Crippen molar-refractivity contribution in [2.75, 3.05) is 11.0 Å². The summed E-state index contributed by atoms with van der Waals surface area (Å²) in [5.41, 5.74) is -0.833. The summed E-state index contributed by atoms with van der Waals surface area (Å²) in [6, 6.07) is 9.65. The van der Waals surface area contributed by atoms with Crippen LogP contribution in [-0.2, 0) is 54.0 Å². The Morgan fingerprint density at radius 1 is 1.04 bits per heavy atom. The number of carbonyl (C=O) groups excluding carboxylic acids is 1. The van der Waals surface area contributed by atoms with Gasteiger partial charge in [-0.25, -0.2) is 22.2 Å². The minimum absolute atomic E-state index is 0.0212. The van der Waals surface area contributed by atoms with E-state index < -0.39 is 81.0 Å². The molecule has 2 aliphatic rings. The first kappa shape index (κ1) is 37.1. The second kappa shape index (κ2) is 12.9. The fourth-order valence-corrected chi connectivity index (χ4v) is 8.14. The molecule has 4 heterocycles. The number of carbonyl (C=O) groups is 1. The molecule has 0 spiro atoms. The van der Waals surface area contributed by atoms with Crippen LogP contribution in [0.1, 0.15) is 46.6 Å². The molecule has 1 fully saturated rings. The molecule has 0 aliphatic heterocycles. The molecule has 2 aromatic carbocycles. The molecule has 292 valence electrons. The molecular formula is C36H30F7N9O3S. The van der Waals surface area contributed by atoms with Gasteiger partial charge in [0.05, 0.1) is 35.4 Å². The van der Waals surface area contributed by atoms with Gasteiger partial charge in [-0.05, 0) is 48.6 Å². The van der Waals surface area contributed by atoms with E-state index in [1.54, 1.807) is 50.6 Å². The minimum atomic E-state index is -5.06. The highest BCUT2D eigenvalue weighted by Gasteiger charge is 2.68. The van der Waals surface area contributed by atoms with Gasteiger partial charge in [0.15, 0.2) is 11.5 Å². The summed E-state index contributed by atoms with van der Waals surface area (Å²) < 4.78 is 132. The molecule has 0 radical (unpaired) electrons. The van der Waals surface area contributed by atoms with Crippen LogP contribution in [0.2, 0.25) is 0 Å². The SMILES string of the molecule is Cn1cc(-c2ccc(-c3cccc4c(NS(C)(=O)=O)nn(C)c34)c([C@H](Cc3cc(F)cc(F)c3)NC(=O)Cn3nc(C(F)(F)F)c4c3C(F)(F)[C@@H]3C[C@H]43)n2)cn1. The Hall–Kier alpha value is -5.79. The number of hydrogen-bond donors (Lipinski definition) is 2. The number of benzene rings is 2. The lowest BCUT2D eigenvalue weighted by Gasteiger charge is -2.23. The van der Waals surface area contributed by atoms with Crippen molar-refractivity contribution >= 4 is 32.7 Å². The number of aryl methyl sites for hydroxylation is 2. The van der Waals surface area contributed by atoms with Crippen LogP contribution in [-0.4, -0.2) is 54.9 Å². The molecule has 8 rings (SSSR count). The third-order valence-electron chi connectivity index (χ3n) is 9.88. The Kier molecular flexibility index (Phi) is 8.55. The van der Waals surface area contributed by atoms with Crippen LogP contribution in [0.3, 0.4) is 0 Å². The zero-order valence-corrected chi connectivity index (χ0v) is 30.4. The van der Waals surface area contributed by atoms with Gasteiger partial charge < -0.3 is 5.32 Å². The molecule has 0 bridgehead atoms. The highest BCUT2D eigenvalue weighted by atomic mass is 32.2. The minimum Gasteiger partial charge on any atom is -0.346 e. The number of hydrogen-bond acceptors (Lipinski definition) is 7. The molecule has 20 heteroatoms. The Labute approximate surface area is 313 Å². The van der Waals surface area contributed by atoms with Crippen LogP contribution >= 0.6 is 0 Å². The smallest absolute Gasteiger partial charge is 0.346 e. The highest BCUT2D eigenvalue weighted by molar-refractivity contribution is 7.92. The Balaban J connectivity index is 1.27. The van der Waals surface area contributed by atoms with E-state index in [0.29, 0.717) is 44.0 Å². The summed E-state index contributed by atoms with van der Waals surface area (Å²) in [4.78, 5) is 18.8. The summed E-state index contributed by atoms with van der Waals surface area (Å²) in [6.45, 7) is -1.04. The fraction of sp³-hybridized carbons (Fsp3) is 0.306. The number of nitrogens with zero attached hydrogens (tertiary/aromatic N) is 7. The van der Waals surface area contributed by atoms with Crippen molar-refractivity contribution in [1.82, 2.24) is 39.6 Å². The first-order chi connectivity index (χ1) is 26.3. The lowest BCUT2D eigenvalue weighted by atomic mass is 9.93. The largest absolute Gasteiger partial charge is 0.435 e. The molecule has 0 unspecified atom stereocenters. The molecule has 2 aliphatic carbocycles. The highest BCUT2D eigenvalue weighted by Crippen LogP contribution is 2.68. The van der Waals surface area contributed by atoms with Gasteiger partial charge in [-0.3, -0.25) is 23.6 Å². The maximum absolute atomic E-state index is 15.4. The van der Waals surface area contributed by atoms with Crippen LogP contribution < -0.4 is 10.0 Å². The lowest BCUT2D eigenvalue weighted by Crippen LogP contribution is -2.35. The molecule has 1 saturated carbocycles. The van der Waals surface area contributed by atoms with Gasteiger partial charge in [0, 0.05) is 59.9 Å². The summed E-state index contributed by atoms with van der Waals surface area (Å²) in [7, 11) is -0.512. The topological polar surface area (TPSA) is 142 Å². The van der Waals surface area contributed by atoms with Crippen molar-refractivity contribution in [1.29, 1.82) is 0 Å². The summed E-state index contributed by atoms with van der Waals surface area (Å²) in [6.07, 6.45) is -1.38. The van der Waals surface area contributed by atoms with Crippen LogP contribution in [0.5, 0.6) is 0 Å². The molecule has 6 aromatic rings. The number of alkyl halides is 5. The lowest BCUT2D eigenvalue weighted by molar-refractivity contribution is -0.142. The fourth-order valence-electron chi connectivity index (χ4n) is 7.64. The van der Waals surface area contributed by atoms with E-state index in [9.17, 15) is 35.2 Å². The first-order valence-electron chi connectivity index (χ1n) is 17.0. The monoisotopic (exact) mass is 801 g/mol. The van der Waals surface area contributed by atoms with E-state index in [-0.39, 0.29) is 29.9 Å². The van der Waals surface area contributed by atoms with Gasteiger partial charge >= 0.3 is 6.18 Å². The maximum Gasteiger partial charge on any atom is 0.435 e. The van der Waals surface area contributed by atoms with Gasteiger partial charge in [-0.1, -0.05) is 18.2 Å². The molecule has 12 nitrogen and oxygen atoms in total. The van der Waals surface area contributed by atoms with Gasteiger partial charge in [0.2, 0.25) is 15.9 Å². The van der Waals surface area contributed by atoms with Crippen molar-refractivity contribution in [3.05, 3.63) is 101 Å². The van der Waals surface area contributed by atoms with Gasteiger partial charge in [-0.15, -0.1) is 0 Å². The van der Waals surface area contributed by atoms with Crippen molar-refractivity contribution in [2.24, 2.45) is 20.0 Å². The van der Waals surface area contributed by atoms with E-state index >= 15 is 8.78 Å². The third kappa shape index (κ3) is 6.64. The van der Waals surface area contributed by atoms with E-state index in [4.69, 9.17) is 4.98 Å². The van der Waals surface area contributed by atoms with Crippen molar-refractivity contribution in [3.8, 4) is 22.4 Å². The summed E-state index contributed by atoms with van der Waals surface area (Å²) in [5, 5.41) is 15.1. The van der Waals surface area contributed by atoms with E-state index in [1.807, 2.05) is 0 Å². The van der Waals surface area contributed by atoms with E-state index in [1.165, 1.54) is 15.6 Å². The Morgan fingerprint density at radius 2 is 1.77 bits per heavy atom. The molecule has 2 N–H and O–H groups in total. The normalized spacial score (nSPS) is 17.8. The number of anilines is 1. The van der Waals surface area contributed by atoms with Crippen molar-refractivity contribution < 1.29 is 43.9 Å². The van der Waals surface area contributed by atoms with Gasteiger partial charge in [0.25, 0.3) is 5.92 Å². The average Bonchev–Trinajstić information content (AvgIpc) is 3.33. The number of nitrogens with one attached hydrogen (secondary N) is 2. The van der Waals surface area contributed by atoms with Crippen LogP contribution in [0.25, 0.3) is 33.3 Å². The van der Waals surface area contributed by atoms with Crippen LogP contribution in [0.15, 0.2) is 60.9 Å². The standard InChI is InChI=1S/C36H30F7N9O3S/c1-50-15-18(14-44-50)26-8-7-21(22-5-4-6-23-31(22)51(2)48-34(23)49-56(3,54)55)30(46-26)27(11-17-9-19(37)12-20(38)10-17)45-28(53)16-52-33-29(32(47-52)36(41,42)43)24-13-25(24)35(33,39)40/h4-10,12,14-15,24-25,27H,11,13,16H2,1-3H3,(H,45,53)(H,48,49)/t24-,25+,27-/m0/s1. The molecule has 4 aromatic heterocycles.